The molecule has 0 aromatic carbocycles. The third kappa shape index (κ3) is 3.24. The molecule has 0 unspecified atom stereocenters. The largest absolute Gasteiger partial charge is 0.375 e. The molecule has 0 amide bonds. The van der Waals surface area contributed by atoms with Crippen LogP contribution in [0.3, 0.4) is 0 Å². The second-order valence-corrected chi connectivity index (χ2v) is 5.75. The number of hydrogen-bond donors (Lipinski definition) is 0. The zero-order valence-corrected chi connectivity index (χ0v) is 11.7. The minimum Gasteiger partial charge on any atom is -0.375 e. The van der Waals surface area contributed by atoms with Crippen molar-refractivity contribution in [1.82, 2.24) is 9.97 Å². The molecule has 1 saturated heterocycles. The van der Waals surface area contributed by atoms with E-state index in [-0.39, 0.29) is 0 Å². The van der Waals surface area contributed by atoms with Gasteiger partial charge in [-0.25, -0.2) is 9.97 Å². The van der Waals surface area contributed by atoms with Crippen LogP contribution in [0.4, 0.5) is 5.82 Å². The highest BCUT2D eigenvalue weighted by Gasteiger charge is 2.25. The summed E-state index contributed by atoms with van der Waals surface area (Å²) < 4.78 is 6.20. The highest BCUT2D eigenvalue weighted by atomic mass is 16.5. The van der Waals surface area contributed by atoms with Crippen LogP contribution in [-0.2, 0) is 4.74 Å². The van der Waals surface area contributed by atoms with Gasteiger partial charge in [-0.2, -0.15) is 0 Å². The van der Waals surface area contributed by atoms with Gasteiger partial charge >= 0.3 is 0 Å². The summed E-state index contributed by atoms with van der Waals surface area (Å²) in [7, 11) is 0. The summed E-state index contributed by atoms with van der Waals surface area (Å²) in [5.74, 6) is 1.06. The van der Waals surface area contributed by atoms with Crippen LogP contribution < -0.4 is 4.90 Å². The van der Waals surface area contributed by atoms with E-state index >= 15 is 0 Å². The van der Waals surface area contributed by atoms with Crippen molar-refractivity contribution < 1.29 is 4.74 Å². The summed E-state index contributed by atoms with van der Waals surface area (Å²) in [4.78, 5) is 10.9. The van der Waals surface area contributed by atoms with Crippen LogP contribution in [0, 0.1) is 6.92 Å². The first-order valence-corrected chi connectivity index (χ1v) is 7.50. The lowest BCUT2D eigenvalue weighted by molar-refractivity contribution is -0.0195. The molecular weight excluding hydrogens is 238 g/mol. The number of piperidine rings is 1. The van der Waals surface area contributed by atoms with E-state index in [4.69, 9.17) is 4.74 Å². The molecule has 19 heavy (non-hydrogen) atoms. The highest BCUT2D eigenvalue weighted by Crippen LogP contribution is 2.26. The van der Waals surface area contributed by atoms with Crippen molar-refractivity contribution in [3.63, 3.8) is 0 Å². The predicted octanol–water partition coefficient (Wildman–Crippen LogP) is 2.71. The third-order valence-electron chi connectivity index (χ3n) is 4.24. The van der Waals surface area contributed by atoms with Gasteiger partial charge in [0.15, 0.2) is 0 Å². The highest BCUT2D eigenvalue weighted by molar-refractivity contribution is 5.39. The Kier molecular flexibility index (Phi) is 3.97. The molecule has 0 radical (unpaired) electrons. The van der Waals surface area contributed by atoms with Crippen LogP contribution in [0.2, 0.25) is 0 Å². The number of nitrogens with zero attached hydrogens (tertiary/aromatic N) is 3. The minimum absolute atomic E-state index is 0.460. The van der Waals surface area contributed by atoms with Gasteiger partial charge in [-0.15, -0.1) is 0 Å². The van der Waals surface area contributed by atoms with E-state index in [1.807, 2.05) is 6.92 Å². The van der Waals surface area contributed by atoms with E-state index in [0.29, 0.717) is 12.2 Å². The maximum Gasteiger partial charge on any atom is 0.132 e. The standard InChI is InChI=1S/C15H23N3O/c1-12-10-15(17-11-16-12)18-8-6-14(7-9-18)19-13-4-2-3-5-13/h10-11,13-14H,2-9H2,1H3. The van der Waals surface area contributed by atoms with Crippen LogP contribution in [0.15, 0.2) is 12.4 Å². The Morgan fingerprint density at radius 1 is 1.05 bits per heavy atom. The topological polar surface area (TPSA) is 38.2 Å². The normalized spacial score (nSPS) is 22.1. The average molecular weight is 261 g/mol. The molecular formula is C15H23N3O. The number of ether oxygens (including phenoxy) is 1. The van der Waals surface area contributed by atoms with E-state index in [9.17, 15) is 0 Å². The van der Waals surface area contributed by atoms with E-state index in [2.05, 4.69) is 20.9 Å². The van der Waals surface area contributed by atoms with Gasteiger partial charge < -0.3 is 9.64 Å². The fraction of sp³-hybridized carbons (Fsp3) is 0.733. The van der Waals surface area contributed by atoms with E-state index in [1.165, 1.54) is 25.7 Å². The summed E-state index contributed by atoms with van der Waals surface area (Å²) in [5, 5.41) is 0. The molecule has 1 saturated carbocycles. The van der Waals surface area contributed by atoms with Crippen molar-refractivity contribution in [3.05, 3.63) is 18.1 Å². The molecule has 1 aliphatic heterocycles. The molecule has 2 fully saturated rings. The molecule has 3 rings (SSSR count). The fourth-order valence-corrected chi connectivity index (χ4v) is 3.13. The van der Waals surface area contributed by atoms with Crippen molar-refractivity contribution >= 4 is 5.82 Å². The molecule has 0 bridgehead atoms. The maximum absolute atomic E-state index is 6.20. The third-order valence-corrected chi connectivity index (χ3v) is 4.24. The molecule has 1 aromatic rings. The Morgan fingerprint density at radius 2 is 1.74 bits per heavy atom. The number of aryl methyl sites for hydroxylation is 1. The summed E-state index contributed by atoms with van der Waals surface area (Å²) in [6.07, 6.45) is 10.1. The van der Waals surface area contributed by atoms with Gasteiger partial charge in [-0.1, -0.05) is 12.8 Å². The van der Waals surface area contributed by atoms with Crippen LogP contribution >= 0.6 is 0 Å². The fourth-order valence-electron chi connectivity index (χ4n) is 3.13. The summed E-state index contributed by atoms with van der Waals surface area (Å²) >= 11 is 0. The monoisotopic (exact) mass is 261 g/mol. The second kappa shape index (κ2) is 5.87. The quantitative estimate of drug-likeness (QED) is 0.838. The van der Waals surface area contributed by atoms with E-state index < -0.39 is 0 Å². The first-order valence-electron chi connectivity index (χ1n) is 7.50. The van der Waals surface area contributed by atoms with E-state index in [0.717, 1.165) is 37.4 Å². The van der Waals surface area contributed by atoms with Gasteiger partial charge in [0, 0.05) is 24.8 Å². The molecule has 0 atom stereocenters. The first kappa shape index (κ1) is 12.9. The SMILES string of the molecule is Cc1cc(N2CCC(OC3CCCC3)CC2)ncn1. The Labute approximate surface area is 115 Å². The van der Waals surface area contributed by atoms with Gasteiger partial charge in [-0.05, 0) is 32.6 Å². The Hall–Kier alpha value is -1.16. The lowest BCUT2D eigenvalue weighted by Crippen LogP contribution is -2.38. The zero-order chi connectivity index (χ0) is 13.1. The van der Waals surface area contributed by atoms with Crippen molar-refractivity contribution in [2.75, 3.05) is 18.0 Å². The van der Waals surface area contributed by atoms with Crippen LogP contribution in [0.1, 0.15) is 44.2 Å². The molecule has 4 heteroatoms. The molecule has 1 aromatic heterocycles. The van der Waals surface area contributed by atoms with Crippen LogP contribution in [-0.4, -0.2) is 35.3 Å². The molecule has 2 aliphatic rings. The zero-order valence-electron chi connectivity index (χ0n) is 11.7. The molecule has 0 spiro atoms. The Bertz CT molecular complexity index is 410. The number of aromatic nitrogens is 2. The van der Waals surface area contributed by atoms with Crippen molar-refractivity contribution in [2.45, 2.75) is 57.7 Å². The first-order chi connectivity index (χ1) is 9.31. The van der Waals surface area contributed by atoms with Crippen molar-refractivity contribution in [1.29, 1.82) is 0 Å². The maximum atomic E-state index is 6.20. The predicted molar refractivity (Wildman–Crippen MR) is 75.3 cm³/mol. The van der Waals surface area contributed by atoms with Gasteiger partial charge in [0.2, 0.25) is 0 Å². The Balaban J connectivity index is 1.51. The number of hydrogen-bond acceptors (Lipinski definition) is 4. The average Bonchev–Trinajstić information content (AvgIpc) is 2.92. The lowest BCUT2D eigenvalue weighted by Gasteiger charge is -2.34. The summed E-state index contributed by atoms with van der Waals surface area (Å²) in [5.41, 5.74) is 1.04. The Morgan fingerprint density at radius 3 is 2.42 bits per heavy atom. The summed E-state index contributed by atoms with van der Waals surface area (Å²) in [6.45, 7) is 4.11. The van der Waals surface area contributed by atoms with Gasteiger partial charge in [0.25, 0.3) is 0 Å². The van der Waals surface area contributed by atoms with Gasteiger partial charge in [0.05, 0.1) is 12.2 Å². The summed E-state index contributed by atoms with van der Waals surface area (Å²) in [6, 6.07) is 2.07. The smallest absolute Gasteiger partial charge is 0.132 e. The van der Waals surface area contributed by atoms with Crippen LogP contribution in [0.5, 0.6) is 0 Å². The molecule has 2 heterocycles. The van der Waals surface area contributed by atoms with Gasteiger partial charge in [0.1, 0.15) is 12.1 Å². The number of rotatable bonds is 3. The molecule has 0 N–H and O–H groups in total. The minimum atomic E-state index is 0.460. The molecule has 4 nitrogen and oxygen atoms in total. The molecule has 104 valence electrons. The molecule has 1 aliphatic carbocycles. The van der Waals surface area contributed by atoms with E-state index in [1.54, 1.807) is 6.33 Å². The van der Waals surface area contributed by atoms with Crippen molar-refractivity contribution in [3.8, 4) is 0 Å². The number of anilines is 1. The van der Waals surface area contributed by atoms with Crippen molar-refractivity contribution in [2.24, 2.45) is 0 Å². The van der Waals surface area contributed by atoms with Crippen LogP contribution in [0.25, 0.3) is 0 Å². The lowest BCUT2D eigenvalue weighted by atomic mass is 10.1. The van der Waals surface area contributed by atoms with Gasteiger partial charge in [-0.3, -0.25) is 0 Å². The second-order valence-electron chi connectivity index (χ2n) is 5.75.